The molecule has 1 rings (SSSR count). The van der Waals surface area contributed by atoms with Gasteiger partial charge in [0.05, 0.1) is 5.02 Å². The summed E-state index contributed by atoms with van der Waals surface area (Å²) in [6.45, 7) is 2.62. The average molecular weight is 274 g/mol. The van der Waals surface area contributed by atoms with E-state index in [2.05, 4.69) is 12.2 Å². The third kappa shape index (κ3) is 5.36. The van der Waals surface area contributed by atoms with Gasteiger partial charge >= 0.3 is 0 Å². The van der Waals surface area contributed by atoms with E-state index in [0.29, 0.717) is 12.3 Å². The van der Waals surface area contributed by atoms with E-state index < -0.39 is 5.82 Å². The lowest BCUT2D eigenvalue weighted by Crippen LogP contribution is -2.29. The second kappa shape index (κ2) is 7.93. The number of benzene rings is 1. The molecule has 0 radical (unpaired) electrons. The van der Waals surface area contributed by atoms with Crippen LogP contribution in [0.1, 0.15) is 26.2 Å². The van der Waals surface area contributed by atoms with Gasteiger partial charge in [-0.25, -0.2) is 4.39 Å². The maximum atomic E-state index is 13.1. The van der Waals surface area contributed by atoms with E-state index in [9.17, 15) is 9.18 Å². The van der Waals surface area contributed by atoms with Crippen molar-refractivity contribution in [2.75, 3.05) is 13.2 Å². The summed E-state index contributed by atoms with van der Waals surface area (Å²) >= 11 is 5.53. The molecule has 1 amide bonds. The predicted molar refractivity (Wildman–Crippen MR) is 69.4 cm³/mol. The maximum Gasteiger partial charge on any atom is 0.257 e. The van der Waals surface area contributed by atoms with Crippen LogP contribution in [-0.2, 0) is 4.79 Å². The van der Waals surface area contributed by atoms with Gasteiger partial charge in [-0.2, -0.15) is 0 Å². The molecule has 100 valence electrons. The molecule has 0 aliphatic heterocycles. The first-order valence-electron chi connectivity index (χ1n) is 5.98. The summed E-state index contributed by atoms with van der Waals surface area (Å²) in [6, 6.07) is 4.08. The van der Waals surface area contributed by atoms with Gasteiger partial charge in [0.2, 0.25) is 0 Å². The van der Waals surface area contributed by atoms with Crippen molar-refractivity contribution in [1.82, 2.24) is 5.32 Å². The summed E-state index contributed by atoms with van der Waals surface area (Å²) in [6.07, 6.45) is 3.15. The molecule has 1 aromatic carbocycles. The molecule has 0 fully saturated rings. The first-order valence-corrected chi connectivity index (χ1v) is 6.36. The Morgan fingerprint density at radius 3 is 2.89 bits per heavy atom. The lowest BCUT2D eigenvalue weighted by molar-refractivity contribution is -0.123. The number of unbranched alkanes of at least 4 members (excludes halogenated alkanes) is 2. The van der Waals surface area contributed by atoms with Gasteiger partial charge in [-0.15, -0.1) is 0 Å². The van der Waals surface area contributed by atoms with Crippen molar-refractivity contribution in [2.24, 2.45) is 0 Å². The molecule has 0 unspecified atom stereocenters. The molecule has 0 aliphatic carbocycles. The highest BCUT2D eigenvalue weighted by Gasteiger charge is 2.04. The van der Waals surface area contributed by atoms with Crippen LogP contribution in [0.25, 0.3) is 0 Å². The number of rotatable bonds is 7. The van der Waals surface area contributed by atoms with Gasteiger partial charge in [0.15, 0.2) is 6.61 Å². The Hall–Kier alpha value is -1.29. The smallest absolute Gasteiger partial charge is 0.257 e. The highest BCUT2D eigenvalue weighted by atomic mass is 35.5. The van der Waals surface area contributed by atoms with Crippen LogP contribution < -0.4 is 10.1 Å². The third-order valence-corrected chi connectivity index (χ3v) is 2.67. The van der Waals surface area contributed by atoms with Gasteiger partial charge < -0.3 is 10.1 Å². The van der Waals surface area contributed by atoms with Crippen LogP contribution in [0.5, 0.6) is 5.75 Å². The highest BCUT2D eigenvalue weighted by molar-refractivity contribution is 6.30. The van der Waals surface area contributed by atoms with E-state index in [1.54, 1.807) is 0 Å². The Kier molecular flexibility index (Phi) is 6.50. The van der Waals surface area contributed by atoms with Gasteiger partial charge in [-0.3, -0.25) is 4.79 Å². The zero-order valence-electron chi connectivity index (χ0n) is 10.3. The van der Waals surface area contributed by atoms with E-state index in [-0.39, 0.29) is 17.5 Å². The largest absolute Gasteiger partial charge is 0.484 e. The number of carbonyl (C=O) groups excluding carboxylic acids is 1. The normalized spacial score (nSPS) is 10.2. The highest BCUT2D eigenvalue weighted by Crippen LogP contribution is 2.20. The SMILES string of the molecule is CCCCCNC(=O)COc1ccc(Cl)c(F)c1. The first kappa shape index (κ1) is 14.8. The molecular formula is C13H17ClFNO2. The Balaban J connectivity index is 2.27. The summed E-state index contributed by atoms with van der Waals surface area (Å²) in [5, 5.41) is 2.76. The van der Waals surface area contributed by atoms with Crippen molar-refractivity contribution in [3.63, 3.8) is 0 Å². The van der Waals surface area contributed by atoms with Gasteiger partial charge in [-0.05, 0) is 18.6 Å². The van der Waals surface area contributed by atoms with Crippen molar-refractivity contribution in [3.8, 4) is 5.75 Å². The average Bonchev–Trinajstić information content (AvgIpc) is 2.36. The minimum atomic E-state index is -0.558. The van der Waals surface area contributed by atoms with E-state index in [4.69, 9.17) is 16.3 Å². The molecule has 0 saturated heterocycles. The van der Waals surface area contributed by atoms with Crippen molar-refractivity contribution >= 4 is 17.5 Å². The predicted octanol–water partition coefficient (Wildman–Crippen LogP) is 3.16. The second-order valence-corrected chi connectivity index (χ2v) is 4.33. The molecule has 0 aromatic heterocycles. The fourth-order valence-corrected chi connectivity index (χ4v) is 1.49. The maximum absolute atomic E-state index is 13.1. The monoisotopic (exact) mass is 273 g/mol. The molecule has 5 heteroatoms. The third-order valence-electron chi connectivity index (χ3n) is 2.36. The van der Waals surface area contributed by atoms with Crippen molar-refractivity contribution in [2.45, 2.75) is 26.2 Å². The van der Waals surface area contributed by atoms with E-state index in [0.717, 1.165) is 25.3 Å². The molecule has 0 heterocycles. The minimum absolute atomic E-state index is 0.0337. The molecule has 3 nitrogen and oxygen atoms in total. The van der Waals surface area contributed by atoms with Gasteiger partial charge in [0, 0.05) is 12.6 Å². The summed E-state index contributed by atoms with van der Waals surface area (Å²) in [5.74, 6) is -0.473. The van der Waals surface area contributed by atoms with E-state index in [1.165, 1.54) is 12.1 Å². The summed E-state index contributed by atoms with van der Waals surface area (Å²) in [5.41, 5.74) is 0. The fraction of sp³-hybridized carbons (Fsp3) is 0.462. The number of hydrogen-bond acceptors (Lipinski definition) is 2. The van der Waals surface area contributed by atoms with Crippen molar-refractivity contribution < 1.29 is 13.9 Å². The van der Waals surface area contributed by atoms with E-state index >= 15 is 0 Å². The van der Waals surface area contributed by atoms with Crippen molar-refractivity contribution in [3.05, 3.63) is 29.0 Å². The lowest BCUT2D eigenvalue weighted by atomic mass is 10.2. The zero-order valence-corrected chi connectivity index (χ0v) is 11.1. The lowest BCUT2D eigenvalue weighted by Gasteiger charge is -2.07. The Bertz CT molecular complexity index is 399. The molecule has 0 bridgehead atoms. The minimum Gasteiger partial charge on any atom is -0.484 e. The Labute approximate surface area is 111 Å². The van der Waals surface area contributed by atoms with Crippen LogP contribution in [0.15, 0.2) is 18.2 Å². The van der Waals surface area contributed by atoms with Crippen LogP contribution in [-0.4, -0.2) is 19.1 Å². The molecule has 0 saturated carbocycles. The molecule has 1 aromatic rings. The number of ether oxygens (including phenoxy) is 1. The summed E-state index contributed by atoms with van der Waals surface area (Å²) in [4.78, 5) is 11.4. The van der Waals surface area contributed by atoms with E-state index in [1.807, 2.05) is 0 Å². The summed E-state index contributed by atoms with van der Waals surface area (Å²) in [7, 11) is 0. The Morgan fingerprint density at radius 2 is 2.22 bits per heavy atom. The zero-order chi connectivity index (χ0) is 13.4. The number of carbonyl (C=O) groups is 1. The van der Waals surface area contributed by atoms with Crippen LogP contribution >= 0.6 is 11.6 Å². The summed E-state index contributed by atoms with van der Waals surface area (Å²) < 4.78 is 18.2. The second-order valence-electron chi connectivity index (χ2n) is 3.92. The first-order chi connectivity index (χ1) is 8.63. The standard InChI is InChI=1S/C13H17ClFNO2/c1-2-3-4-7-16-13(17)9-18-10-5-6-11(14)12(15)8-10/h5-6,8H,2-4,7,9H2,1H3,(H,16,17). The fourth-order valence-electron chi connectivity index (χ4n) is 1.37. The molecule has 18 heavy (non-hydrogen) atoms. The molecular weight excluding hydrogens is 257 g/mol. The van der Waals surface area contributed by atoms with Gasteiger partial charge in [0.25, 0.3) is 5.91 Å². The van der Waals surface area contributed by atoms with Gasteiger partial charge in [-0.1, -0.05) is 31.4 Å². The molecule has 0 atom stereocenters. The van der Waals surface area contributed by atoms with Crippen LogP contribution in [0.2, 0.25) is 5.02 Å². The van der Waals surface area contributed by atoms with Crippen molar-refractivity contribution in [1.29, 1.82) is 0 Å². The topological polar surface area (TPSA) is 38.3 Å². The van der Waals surface area contributed by atoms with Crippen LogP contribution in [0.4, 0.5) is 4.39 Å². The number of amides is 1. The number of nitrogens with one attached hydrogen (secondary N) is 1. The quantitative estimate of drug-likeness (QED) is 0.775. The number of hydrogen-bond donors (Lipinski definition) is 1. The Morgan fingerprint density at radius 1 is 1.44 bits per heavy atom. The molecule has 0 aliphatic rings. The molecule has 1 N–H and O–H groups in total. The van der Waals surface area contributed by atoms with Crippen LogP contribution in [0, 0.1) is 5.82 Å². The number of halogens is 2. The van der Waals surface area contributed by atoms with Gasteiger partial charge in [0.1, 0.15) is 11.6 Å². The van der Waals surface area contributed by atoms with Crippen LogP contribution in [0.3, 0.4) is 0 Å². The molecule has 0 spiro atoms.